The largest absolute Gasteiger partial charge is 0.345 e. The molecule has 0 radical (unpaired) electrons. The predicted molar refractivity (Wildman–Crippen MR) is 79.5 cm³/mol. The lowest BCUT2D eigenvalue weighted by Crippen LogP contribution is -2.25. The summed E-state index contributed by atoms with van der Waals surface area (Å²) in [7, 11) is -2.89. The quantitative estimate of drug-likeness (QED) is 0.829. The van der Waals surface area contributed by atoms with Crippen LogP contribution >= 0.6 is 11.6 Å². The average Bonchev–Trinajstić information content (AvgIpc) is 2.65. The first-order chi connectivity index (χ1) is 8.97. The lowest BCUT2D eigenvalue weighted by Gasteiger charge is -2.06. The molecule has 0 amide bonds. The first kappa shape index (κ1) is 14.4. The SMILES string of the molecule is CS(=O)(=O)CCNCCn1cc(Cl)c2ccccc21. The van der Waals surface area contributed by atoms with Crippen LogP contribution in [0.4, 0.5) is 0 Å². The number of nitrogens with one attached hydrogen (secondary N) is 1. The number of nitrogens with zero attached hydrogens (tertiary/aromatic N) is 1. The fraction of sp³-hybridized carbons (Fsp3) is 0.385. The molecule has 1 heterocycles. The molecule has 0 bridgehead atoms. The maximum absolute atomic E-state index is 11.0. The van der Waals surface area contributed by atoms with Gasteiger partial charge in [0.1, 0.15) is 9.84 Å². The minimum Gasteiger partial charge on any atom is -0.345 e. The highest BCUT2D eigenvalue weighted by Crippen LogP contribution is 2.25. The number of sulfone groups is 1. The number of hydrogen-bond donors (Lipinski definition) is 1. The van der Waals surface area contributed by atoms with Crippen molar-refractivity contribution < 1.29 is 8.42 Å². The van der Waals surface area contributed by atoms with Crippen LogP contribution in [0.2, 0.25) is 5.02 Å². The molecule has 4 nitrogen and oxygen atoms in total. The lowest BCUT2D eigenvalue weighted by atomic mass is 10.2. The summed E-state index contributed by atoms with van der Waals surface area (Å²) in [5.41, 5.74) is 1.09. The maximum atomic E-state index is 11.0. The van der Waals surface area contributed by atoms with Gasteiger partial charge in [-0.3, -0.25) is 0 Å². The fourth-order valence-corrected chi connectivity index (χ4v) is 2.76. The molecule has 0 aliphatic rings. The number of halogens is 1. The zero-order valence-electron chi connectivity index (χ0n) is 10.8. The van der Waals surface area contributed by atoms with Gasteiger partial charge in [0.25, 0.3) is 0 Å². The number of aromatic nitrogens is 1. The van der Waals surface area contributed by atoms with E-state index in [9.17, 15) is 8.42 Å². The van der Waals surface area contributed by atoms with Crippen molar-refractivity contribution in [2.75, 3.05) is 25.1 Å². The lowest BCUT2D eigenvalue weighted by molar-refractivity contribution is 0.589. The van der Waals surface area contributed by atoms with E-state index in [1.807, 2.05) is 30.5 Å². The van der Waals surface area contributed by atoms with Crippen molar-refractivity contribution in [3.05, 3.63) is 35.5 Å². The first-order valence-electron chi connectivity index (χ1n) is 6.09. The monoisotopic (exact) mass is 300 g/mol. The highest BCUT2D eigenvalue weighted by molar-refractivity contribution is 7.90. The number of fused-ring (bicyclic) bond motifs is 1. The van der Waals surface area contributed by atoms with E-state index in [0.717, 1.165) is 22.5 Å². The molecular weight excluding hydrogens is 284 g/mol. The van der Waals surface area contributed by atoms with Gasteiger partial charge in [0.05, 0.1) is 10.8 Å². The molecule has 0 fully saturated rings. The second-order valence-corrected chi connectivity index (χ2v) is 7.23. The Labute approximate surface area is 118 Å². The molecule has 2 rings (SSSR count). The number of benzene rings is 1. The van der Waals surface area contributed by atoms with Gasteiger partial charge in [0.2, 0.25) is 0 Å². The number of hydrogen-bond acceptors (Lipinski definition) is 3. The van der Waals surface area contributed by atoms with E-state index in [4.69, 9.17) is 11.6 Å². The van der Waals surface area contributed by atoms with Crippen LogP contribution in [0.15, 0.2) is 30.5 Å². The maximum Gasteiger partial charge on any atom is 0.148 e. The second-order valence-electron chi connectivity index (χ2n) is 4.57. The molecule has 0 aliphatic carbocycles. The van der Waals surface area contributed by atoms with Crippen LogP contribution in [-0.4, -0.2) is 38.1 Å². The van der Waals surface area contributed by atoms with Crippen molar-refractivity contribution in [3.63, 3.8) is 0 Å². The van der Waals surface area contributed by atoms with Crippen LogP contribution < -0.4 is 5.32 Å². The van der Waals surface area contributed by atoms with Crippen molar-refractivity contribution in [2.45, 2.75) is 6.54 Å². The van der Waals surface area contributed by atoms with Crippen LogP contribution in [0.1, 0.15) is 0 Å². The fourth-order valence-electron chi connectivity index (χ4n) is 1.97. The van der Waals surface area contributed by atoms with Crippen LogP contribution in [-0.2, 0) is 16.4 Å². The summed E-state index contributed by atoms with van der Waals surface area (Å²) >= 11 is 6.16. The van der Waals surface area contributed by atoms with Crippen molar-refractivity contribution in [3.8, 4) is 0 Å². The smallest absolute Gasteiger partial charge is 0.148 e. The van der Waals surface area contributed by atoms with Crippen LogP contribution in [0.3, 0.4) is 0 Å². The first-order valence-corrected chi connectivity index (χ1v) is 8.53. The van der Waals surface area contributed by atoms with Crippen molar-refractivity contribution in [1.82, 2.24) is 9.88 Å². The van der Waals surface area contributed by atoms with E-state index in [1.165, 1.54) is 6.26 Å². The Balaban J connectivity index is 1.92. The Morgan fingerprint density at radius 3 is 2.74 bits per heavy atom. The molecule has 0 aliphatic heterocycles. The molecule has 1 aromatic heterocycles. The molecule has 0 atom stereocenters. The van der Waals surface area contributed by atoms with Gasteiger partial charge in [-0.15, -0.1) is 0 Å². The Kier molecular flexibility index (Phi) is 4.50. The molecule has 0 saturated heterocycles. The summed E-state index contributed by atoms with van der Waals surface area (Å²) in [5, 5.41) is 4.91. The van der Waals surface area contributed by atoms with Gasteiger partial charge in [-0.05, 0) is 6.07 Å². The minimum atomic E-state index is -2.89. The van der Waals surface area contributed by atoms with Gasteiger partial charge < -0.3 is 9.88 Å². The molecule has 6 heteroatoms. The minimum absolute atomic E-state index is 0.167. The van der Waals surface area contributed by atoms with E-state index < -0.39 is 9.84 Å². The normalized spacial score (nSPS) is 12.1. The van der Waals surface area contributed by atoms with Crippen LogP contribution in [0, 0.1) is 0 Å². The van der Waals surface area contributed by atoms with E-state index in [2.05, 4.69) is 9.88 Å². The standard InChI is InChI=1S/C13H17ClN2O2S/c1-19(17,18)9-7-15-6-8-16-10-12(14)11-4-2-3-5-13(11)16/h2-5,10,15H,6-9H2,1H3. The molecule has 0 spiro atoms. The van der Waals surface area contributed by atoms with E-state index in [-0.39, 0.29) is 5.75 Å². The Morgan fingerprint density at radius 1 is 1.26 bits per heavy atom. The van der Waals surface area contributed by atoms with Crippen molar-refractivity contribution in [2.24, 2.45) is 0 Å². The molecule has 1 aromatic carbocycles. The van der Waals surface area contributed by atoms with Gasteiger partial charge in [-0.25, -0.2) is 8.42 Å². The highest BCUT2D eigenvalue weighted by Gasteiger charge is 2.05. The van der Waals surface area contributed by atoms with Gasteiger partial charge in [-0.2, -0.15) is 0 Å². The second kappa shape index (κ2) is 5.94. The third-order valence-electron chi connectivity index (χ3n) is 2.92. The zero-order valence-corrected chi connectivity index (χ0v) is 12.3. The van der Waals surface area contributed by atoms with E-state index >= 15 is 0 Å². The molecule has 104 valence electrons. The third-order valence-corrected chi connectivity index (χ3v) is 4.17. The summed E-state index contributed by atoms with van der Waals surface area (Å²) in [6, 6.07) is 7.96. The molecule has 19 heavy (non-hydrogen) atoms. The summed E-state index contributed by atoms with van der Waals surface area (Å²) in [6.45, 7) is 1.95. The topological polar surface area (TPSA) is 51.1 Å². The summed E-state index contributed by atoms with van der Waals surface area (Å²) in [4.78, 5) is 0. The summed E-state index contributed by atoms with van der Waals surface area (Å²) in [5.74, 6) is 0.167. The van der Waals surface area contributed by atoms with Gasteiger partial charge in [-0.1, -0.05) is 29.8 Å². The van der Waals surface area contributed by atoms with Gasteiger partial charge in [0, 0.05) is 43.0 Å². The van der Waals surface area contributed by atoms with E-state index in [0.29, 0.717) is 13.1 Å². The van der Waals surface area contributed by atoms with Gasteiger partial charge in [0.15, 0.2) is 0 Å². The number of rotatable bonds is 6. The summed E-state index contributed by atoms with van der Waals surface area (Å²) < 4.78 is 24.0. The van der Waals surface area contributed by atoms with Crippen LogP contribution in [0.5, 0.6) is 0 Å². The van der Waals surface area contributed by atoms with Crippen LogP contribution in [0.25, 0.3) is 10.9 Å². The summed E-state index contributed by atoms with van der Waals surface area (Å²) in [6.07, 6.45) is 3.15. The molecular formula is C13H17ClN2O2S. The Bertz CT molecular complexity index is 664. The average molecular weight is 301 g/mol. The highest BCUT2D eigenvalue weighted by atomic mass is 35.5. The molecule has 0 saturated carbocycles. The number of para-hydroxylation sites is 1. The third kappa shape index (κ3) is 3.96. The van der Waals surface area contributed by atoms with Crippen molar-refractivity contribution in [1.29, 1.82) is 0 Å². The van der Waals surface area contributed by atoms with Gasteiger partial charge >= 0.3 is 0 Å². The molecule has 0 unspecified atom stereocenters. The molecule has 1 N–H and O–H groups in total. The van der Waals surface area contributed by atoms with E-state index in [1.54, 1.807) is 0 Å². The molecule has 2 aromatic rings. The van der Waals surface area contributed by atoms with Crippen molar-refractivity contribution >= 4 is 32.3 Å². The predicted octanol–water partition coefficient (Wildman–Crippen LogP) is 1.93. The Hall–Kier alpha value is -1.04. The zero-order chi connectivity index (χ0) is 13.9. The Morgan fingerprint density at radius 2 is 2.00 bits per heavy atom.